The molecule has 0 saturated heterocycles. The van der Waals surface area contributed by atoms with E-state index in [4.69, 9.17) is 10.5 Å². The average Bonchev–Trinajstić information content (AvgIpc) is 2.15. The molecule has 0 aliphatic rings. The van der Waals surface area contributed by atoms with Gasteiger partial charge in [-0.3, -0.25) is 4.79 Å². The summed E-state index contributed by atoms with van der Waals surface area (Å²) in [6, 6.07) is -0.396. The van der Waals surface area contributed by atoms with E-state index < -0.39 is 6.04 Å². The van der Waals surface area contributed by atoms with Gasteiger partial charge >= 0.3 is 0 Å². The third-order valence-corrected chi connectivity index (χ3v) is 2.18. The van der Waals surface area contributed by atoms with Crippen molar-refractivity contribution in [2.75, 3.05) is 13.7 Å². The van der Waals surface area contributed by atoms with Crippen LogP contribution in [0.25, 0.3) is 0 Å². The summed E-state index contributed by atoms with van der Waals surface area (Å²) in [6.45, 7) is 6.32. The molecule has 0 fully saturated rings. The molecular weight excluding hydrogens is 180 g/mol. The zero-order chi connectivity index (χ0) is 11.2. The van der Waals surface area contributed by atoms with Crippen molar-refractivity contribution < 1.29 is 9.53 Å². The van der Waals surface area contributed by atoms with E-state index in [1.54, 1.807) is 7.11 Å². The van der Waals surface area contributed by atoms with Crippen molar-refractivity contribution in [3.63, 3.8) is 0 Å². The van der Waals surface area contributed by atoms with Crippen LogP contribution in [-0.2, 0) is 9.53 Å². The van der Waals surface area contributed by atoms with E-state index in [2.05, 4.69) is 5.32 Å². The van der Waals surface area contributed by atoms with Crippen molar-refractivity contribution in [3.05, 3.63) is 0 Å². The molecule has 84 valence electrons. The van der Waals surface area contributed by atoms with E-state index in [-0.39, 0.29) is 11.5 Å². The molecule has 0 bridgehead atoms. The van der Waals surface area contributed by atoms with Gasteiger partial charge in [0, 0.05) is 13.7 Å². The van der Waals surface area contributed by atoms with Crippen molar-refractivity contribution in [2.24, 2.45) is 5.73 Å². The zero-order valence-electron chi connectivity index (χ0n) is 9.59. The predicted molar refractivity (Wildman–Crippen MR) is 57.0 cm³/mol. The van der Waals surface area contributed by atoms with Crippen molar-refractivity contribution in [3.8, 4) is 0 Å². The summed E-state index contributed by atoms with van der Waals surface area (Å²) in [5.41, 5.74) is 5.31. The second-order valence-electron chi connectivity index (χ2n) is 4.08. The maximum Gasteiger partial charge on any atom is 0.237 e. The highest BCUT2D eigenvalue weighted by molar-refractivity contribution is 5.81. The Labute approximate surface area is 86.2 Å². The normalized spacial score (nSPS) is 13.8. The van der Waals surface area contributed by atoms with E-state index in [1.807, 2.05) is 20.8 Å². The number of ether oxygens (including phenoxy) is 1. The molecule has 0 rings (SSSR count). The number of nitrogens with one attached hydrogen (secondary N) is 1. The highest BCUT2D eigenvalue weighted by Gasteiger charge is 2.19. The Hall–Kier alpha value is -0.610. The molecule has 4 heteroatoms. The summed E-state index contributed by atoms with van der Waals surface area (Å²) < 4.78 is 5.17. The second kappa shape index (κ2) is 5.98. The number of methoxy groups -OCH3 is 1. The van der Waals surface area contributed by atoms with Crippen LogP contribution in [0.1, 0.15) is 33.6 Å². The topological polar surface area (TPSA) is 64.4 Å². The number of carbonyl (C=O) groups excluding carboxylic acids is 1. The van der Waals surface area contributed by atoms with Crippen LogP contribution in [-0.4, -0.2) is 31.2 Å². The Bertz CT molecular complexity index is 181. The Morgan fingerprint density at radius 3 is 2.57 bits per heavy atom. The van der Waals surface area contributed by atoms with E-state index in [0.29, 0.717) is 6.54 Å². The minimum Gasteiger partial charge on any atom is -0.377 e. The molecule has 0 aromatic heterocycles. The molecule has 0 radical (unpaired) electrons. The van der Waals surface area contributed by atoms with Gasteiger partial charge in [0.25, 0.3) is 0 Å². The first kappa shape index (κ1) is 13.4. The standard InChI is InChI=1S/C10H22N2O2/c1-5-6-8(11)9(13)12-7-10(2,3)14-4/h8H,5-7,11H2,1-4H3,(H,12,13)/t8-/m1/s1. The average molecular weight is 202 g/mol. The highest BCUT2D eigenvalue weighted by atomic mass is 16.5. The Morgan fingerprint density at radius 1 is 1.57 bits per heavy atom. The van der Waals surface area contributed by atoms with Gasteiger partial charge in [-0.05, 0) is 20.3 Å². The SMILES string of the molecule is CCC[C@@H](N)C(=O)NCC(C)(C)OC. The van der Waals surface area contributed by atoms with E-state index >= 15 is 0 Å². The van der Waals surface area contributed by atoms with E-state index in [0.717, 1.165) is 12.8 Å². The summed E-state index contributed by atoms with van der Waals surface area (Å²) in [4.78, 5) is 11.4. The lowest BCUT2D eigenvalue weighted by Gasteiger charge is -2.24. The van der Waals surface area contributed by atoms with E-state index in [1.165, 1.54) is 0 Å². The molecule has 0 heterocycles. The van der Waals surface area contributed by atoms with Crippen LogP contribution in [0.5, 0.6) is 0 Å². The molecule has 4 nitrogen and oxygen atoms in total. The van der Waals surface area contributed by atoms with Gasteiger partial charge < -0.3 is 15.8 Å². The number of carbonyl (C=O) groups is 1. The number of rotatable bonds is 6. The lowest BCUT2D eigenvalue weighted by Crippen LogP contribution is -2.46. The number of hydrogen-bond donors (Lipinski definition) is 2. The quantitative estimate of drug-likeness (QED) is 0.665. The molecule has 0 spiro atoms. The minimum absolute atomic E-state index is 0.100. The summed E-state index contributed by atoms with van der Waals surface area (Å²) in [7, 11) is 1.62. The number of hydrogen-bond acceptors (Lipinski definition) is 3. The van der Waals surface area contributed by atoms with Gasteiger partial charge in [0.05, 0.1) is 11.6 Å². The molecule has 14 heavy (non-hydrogen) atoms. The van der Waals surface area contributed by atoms with Gasteiger partial charge in [-0.25, -0.2) is 0 Å². The smallest absolute Gasteiger partial charge is 0.237 e. The summed E-state index contributed by atoms with van der Waals surface area (Å²) in [6.07, 6.45) is 1.64. The van der Waals surface area contributed by atoms with Crippen molar-refractivity contribution in [1.29, 1.82) is 0 Å². The lowest BCUT2D eigenvalue weighted by molar-refractivity contribution is -0.123. The maximum atomic E-state index is 11.4. The molecule has 3 N–H and O–H groups in total. The Kier molecular flexibility index (Phi) is 5.72. The zero-order valence-corrected chi connectivity index (χ0v) is 9.59. The fourth-order valence-corrected chi connectivity index (χ4v) is 0.945. The Balaban J connectivity index is 3.84. The maximum absolute atomic E-state index is 11.4. The van der Waals surface area contributed by atoms with Gasteiger partial charge in [0.15, 0.2) is 0 Å². The summed E-state index contributed by atoms with van der Waals surface area (Å²) in [5.74, 6) is -0.100. The third-order valence-electron chi connectivity index (χ3n) is 2.18. The number of nitrogens with two attached hydrogens (primary N) is 1. The monoisotopic (exact) mass is 202 g/mol. The van der Waals surface area contributed by atoms with Gasteiger partial charge in [-0.1, -0.05) is 13.3 Å². The summed E-state index contributed by atoms with van der Waals surface area (Å²) in [5, 5.41) is 2.77. The van der Waals surface area contributed by atoms with Crippen LogP contribution in [0.4, 0.5) is 0 Å². The number of amides is 1. The molecular formula is C10H22N2O2. The third kappa shape index (κ3) is 5.19. The van der Waals surface area contributed by atoms with Gasteiger partial charge in [-0.15, -0.1) is 0 Å². The second-order valence-corrected chi connectivity index (χ2v) is 4.08. The molecule has 0 aromatic rings. The fourth-order valence-electron chi connectivity index (χ4n) is 0.945. The van der Waals surface area contributed by atoms with Gasteiger partial charge in [0.2, 0.25) is 5.91 Å². The van der Waals surface area contributed by atoms with Crippen LogP contribution in [0.3, 0.4) is 0 Å². The predicted octanol–water partition coefficient (Wildman–Crippen LogP) is 0.655. The van der Waals surface area contributed by atoms with Crippen molar-refractivity contribution in [2.45, 2.75) is 45.3 Å². The molecule has 0 aliphatic heterocycles. The van der Waals surface area contributed by atoms with Crippen LogP contribution < -0.4 is 11.1 Å². The highest BCUT2D eigenvalue weighted by Crippen LogP contribution is 2.04. The van der Waals surface area contributed by atoms with Crippen molar-refractivity contribution >= 4 is 5.91 Å². The molecule has 0 saturated carbocycles. The van der Waals surface area contributed by atoms with Crippen LogP contribution in [0.15, 0.2) is 0 Å². The minimum atomic E-state index is -0.396. The van der Waals surface area contributed by atoms with Crippen LogP contribution >= 0.6 is 0 Å². The summed E-state index contributed by atoms with van der Waals surface area (Å²) >= 11 is 0. The molecule has 1 amide bonds. The first-order valence-electron chi connectivity index (χ1n) is 5.01. The molecule has 0 aliphatic carbocycles. The van der Waals surface area contributed by atoms with E-state index in [9.17, 15) is 4.79 Å². The van der Waals surface area contributed by atoms with Crippen molar-refractivity contribution in [1.82, 2.24) is 5.32 Å². The first-order valence-corrected chi connectivity index (χ1v) is 5.01. The Morgan fingerprint density at radius 2 is 2.14 bits per heavy atom. The lowest BCUT2D eigenvalue weighted by atomic mass is 10.1. The van der Waals surface area contributed by atoms with Crippen LogP contribution in [0.2, 0.25) is 0 Å². The molecule has 1 atom stereocenters. The fraction of sp³-hybridized carbons (Fsp3) is 0.900. The molecule has 0 aromatic carbocycles. The molecule has 0 unspecified atom stereocenters. The van der Waals surface area contributed by atoms with Gasteiger partial charge in [0.1, 0.15) is 0 Å². The van der Waals surface area contributed by atoms with Gasteiger partial charge in [-0.2, -0.15) is 0 Å². The largest absolute Gasteiger partial charge is 0.377 e. The first-order chi connectivity index (χ1) is 6.43. The van der Waals surface area contributed by atoms with Crippen LogP contribution in [0, 0.1) is 0 Å².